The van der Waals surface area contributed by atoms with Crippen molar-refractivity contribution in [2.24, 2.45) is 11.7 Å². The molecule has 1 fully saturated rings. The van der Waals surface area contributed by atoms with Crippen LogP contribution < -0.4 is 25.8 Å². The molecule has 178 valence electrons. The number of benzene rings is 1. The lowest BCUT2D eigenvalue weighted by Gasteiger charge is -2.30. The summed E-state index contributed by atoms with van der Waals surface area (Å²) in [6, 6.07) is 5.52. The molecule has 0 saturated carbocycles. The normalized spacial score (nSPS) is 16.2. The number of piperidine rings is 1. The van der Waals surface area contributed by atoms with Gasteiger partial charge in [0.1, 0.15) is 22.9 Å². The van der Waals surface area contributed by atoms with Crippen molar-refractivity contribution in [3.63, 3.8) is 0 Å². The molecule has 3 heterocycles. The molecule has 9 nitrogen and oxygen atoms in total. The molecule has 0 unspecified atom stereocenters. The van der Waals surface area contributed by atoms with Crippen molar-refractivity contribution in [3.05, 3.63) is 34.9 Å². The molecule has 0 bridgehead atoms. The molecular weight excluding hydrogens is 442 g/mol. The number of fused-ring (bicyclic) bond motifs is 1. The van der Waals surface area contributed by atoms with Gasteiger partial charge in [-0.15, -0.1) is 0 Å². The lowest BCUT2D eigenvalue weighted by atomic mass is 9.93. The number of anilines is 1. The second-order valence-corrected chi connectivity index (χ2v) is 9.21. The molecule has 1 saturated heterocycles. The summed E-state index contributed by atoms with van der Waals surface area (Å²) < 4.78 is 15.5. The first kappa shape index (κ1) is 23.3. The van der Waals surface area contributed by atoms with E-state index in [1.807, 2.05) is 18.2 Å². The van der Waals surface area contributed by atoms with E-state index in [0.717, 1.165) is 68.2 Å². The van der Waals surface area contributed by atoms with E-state index in [0.29, 0.717) is 19.1 Å². The maximum Gasteiger partial charge on any atom is 0.319 e. The number of primary amides is 1. The summed E-state index contributed by atoms with van der Waals surface area (Å²) in [6.07, 6.45) is 4.17. The minimum absolute atomic E-state index is 0.0829. The number of hydrogen-bond acceptors (Lipinski definition) is 7. The van der Waals surface area contributed by atoms with Gasteiger partial charge in [-0.2, -0.15) is 4.37 Å². The molecule has 0 atom stereocenters. The summed E-state index contributed by atoms with van der Waals surface area (Å²) in [5.74, 6) is 0.905. The zero-order valence-electron chi connectivity index (χ0n) is 18.9. The lowest BCUT2D eigenvalue weighted by Crippen LogP contribution is -2.35. The molecule has 2 aliphatic heterocycles. The number of ether oxygens (including phenoxy) is 2. The van der Waals surface area contributed by atoms with E-state index in [2.05, 4.69) is 26.8 Å². The first-order valence-electron chi connectivity index (χ1n) is 11.5. The van der Waals surface area contributed by atoms with E-state index in [-0.39, 0.29) is 29.1 Å². The SMILES string of the molecule is CCN1CCC(CCNC(=O)Nc2snc(OCc3ccc4c(c3)OCC4)c2C(N)=O)CC1. The van der Waals surface area contributed by atoms with Crippen LogP contribution in [0.15, 0.2) is 18.2 Å². The molecule has 0 aliphatic carbocycles. The highest BCUT2D eigenvalue weighted by Crippen LogP contribution is 2.32. The summed E-state index contributed by atoms with van der Waals surface area (Å²) in [5.41, 5.74) is 7.71. The van der Waals surface area contributed by atoms with Crippen LogP contribution in [0.4, 0.5) is 9.80 Å². The first-order chi connectivity index (χ1) is 16.0. The standard InChI is InChI=1S/C23H31N5O4S/c1-2-28-10-6-15(7-11-28)5-9-25-23(30)26-22-19(20(24)29)21(27-33-22)32-14-16-3-4-17-8-12-31-18(17)13-16/h3-4,13,15H,2,5-12,14H2,1H3,(H2,24,29)(H2,25,26,30). The largest absolute Gasteiger partial charge is 0.493 e. The number of nitrogens with zero attached hydrogens (tertiary/aromatic N) is 2. The van der Waals surface area contributed by atoms with Crippen molar-refractivity contribution < 1.29 is 19.1 Å². The van der Waals surface area contributed by atoms with Gasteiger partial charge in [0.05, 0.1) is 6.61 Å². The van der Waals surface area contributed by atoms with Crippen LogP contribution in [0.5, 0.6) is 11.6 Å². The maximum absolute atomic E-state index is 12.4. The van der Waals surface area contributed by atoms with E-state index in [9.17, 15) is 9.59 Å². The highest BCUT2D eigenvalue weighted by Gasteiger charge is 2.23. The van der Waals surface area contributed by atoms with Crippen LogP contribution in [0.1, 0.15) is 47.7 Å². The Morgan fingerprint density at radius 3 is 2.91 bits per heavy atom. The van der Waals surface area contributed by atoms with Gasteiger partial charge < -0.3 is 25.4 Å². The minimum atomic E-state index is -0.700. The van der Waals surface area contributed by atoms with Gasteiger partial charge in [-0.1, -0.05) is 19.1 Å². The molecule has 10 heteroatoms. The predicted molar refractivity (Wildman–Crippen MR) is 127 cm³/mol. The molecule has 2 aliphatic rings. The third kappa shape index (κ3) is 5.94. The van der Waals surface area contributed by atoms with Gasteiger partial charge in [0.2, 0.25) is 5.88 Å². The highest BCUT2D eigenvalue weighted by molar-refractivity contribution is 7.11. The van der Waals surface area contributed by atoms with Crippen LogP contribution in [0.25, 0.3) is 0 Å². The molecule has 0 radical (unpaired) electrons. The Morgan fingerprint density at radius 2 is 2.15 bits per heavy atom. The Kier molecular flexibility index (Phi) is 7.66. The van der Waals surface area contributed by atoms with Gasteiger partial charge in [-0.05, 0) is 73.5 Å². The van der Waals surface area contributed by atoms with Gasteiger partial charge in [0.15, 0.2) is 0 Å². The zero-order valence-corrected chi connectivity index (χ0v) is 19.7. The summed E-state index contributed by atoms with van der Waals surface area (Å²) in [6.45, 7) is 7.00. The molecule has 2 aromatic rings. The van der Waals surface area contributed by atoms with Crippen LogP contribution >= 0.6 is 11.5 Å². The van der Waals surface area contributed by atoms with E-state index >= 15 is 0 Å². The Morgan fingerprint density at radius 1 is 1.33 bits per heavy atom. The Labute approximate surface area is 197 Å². The van der Waals surface area contributed by atoms with E-state index < -0.39 is 5.91 Å². The van der Waals surface area contributed by atoms with Crippen molar-refractivity contribution in [1.82, 2.24) is 14.6 Å². The third-order valence-electron chi connectivity index (χ3n) is 6.26. The number of carbonyl (C=O) groups is 2. The molecule has 4 rings (SSSR count). The first-order valence-corrected chi connectivity index (χ1v) is 12.2. The number of nitrogens with two attached hydrogens (primary N) is 1. The smallest absolute Gasteiger partial charge is 0.319 e. The van der Waals surface area contributed by atoms with Gasteiger partial charge >= 0.3 is 6.03 Å². The number of likely N-dealkylation sites (tertiary alicyclic amines) is 1. The maximum atomic E-state index is 12.4. The van der Waals surface area contributed by atoms with Crippen molar-refractivity contribution in [2.45, 2.75) is 39.2 Å². The molecule has 4 N–H and O–H groups in total. The number of urea groups is 1. The number of nitrogens with one attached hydrogen (secondary N) is 2. The number of rotatable bonds is 9. The second-order valence-electron chi connectivity index (χ2n) is 8.43. The summed E-state index contributed by atoms with van der Waals surface area (Å²) >= 11 is 0.974. The number of hydrogen-bond donors (Lipinski definition) is 3. The van der Waals surface area contributed by atoms with Gasteiger partial charge in [-0.25, -0.2) is 4.79 Å². The van der Waals surface area contributed by atoms with Gasteiger partial charge in [-0.3, -0.25) is 10.1 Å². The third-order valence-corrected chi connectivity index (χ3v) is 7.01. The fourth-order valence-electron chi connectivity index (χ4n) is 4.26. The molecule has 1 aromatic heterocycles. The summed E-state index contributed by atoms with van der Waals surface area (Å²) in [7, 11) is 0. The summed E-state index contributed by atoms with van der Waals surface area (Å²) in [4.78, 5) is 26.8. The molecule has 1 aromatic carbocycles. The van der Waals surface area contributed by atoms with Crippen LogP contribution in [-0.2, 0) is 13.0 Å². The number of amides is 3. The van der Waals surface area contributed by atoms with Crippen molar-refractivity contribution in [2.75, 3.05) is 38.1 Å². The van der Waals surface area contributed by atoms with E-state index in [1.165, 1.54) is 5.56 Å². The van der Waals surface area contributed by atoms with E-state index in [4.69, 9.17) is 15.2 Å². The van der Waals surface area contributed by atoms with Crippen LogP contribution in [-0.4, -0.2) is 54.0 Å². The molecule has 33 heavy (non-hydrogen) atoms. The average Bonchev–Trinajstić information content (AvgIpc) is 3.44. The lowest BCUT2D eigenvalue weighted by molar-refractivity contribution is 0.0996. The van der Waals surface area contributed by atoms with Crippen molar-refractivity contribution in [1.29, 1.82) is 0 Å². The van der Waals surface area contributed by atoms with Crippen LogP contribution in [0.3, 0.4) is 0 Å². The molecular formula is C23H31N5O4S. The van der Waals surface area contributed by atoms with Gasteiger partial charge in [0.25, 0.3) is 5.91 Å². The average molecular weight is 474 g/mol. The fraction of sp³-hybridized carbons (Fsp3) is 0.522. The Balaban J connectivity index is 1.28. The highest BCUT2D eigenvalue weighted by atomic mass is 32.1. The number of carbonyl (C=O) groups excluding carboxylic acids is 2. The van der Waals surface area contributed by atoms with Crippen molar-refractivity contribution in [3.8, 4) is 11.6 Å². The molecule has 0 spiro atoms. The topological polar surface area (TPSA) is 119 Å². The minimum Gasteiger partial charge on any atom is -0.493 e. The summed E-state index contributed by atoms with van der Waals surface area (Å²) in [5, 5.41) is 5.85. The predicted octanol–water partition coefficient (Wildman–Crippen LogP) is 3.00. The van der Waals surface area contributed by atoms with Crippen LogP contribution in [0, 0.1) is 5.92 Å². The fourth-order valence-corrected chi connectivity index (χ4v) is 4.99. The zero-order chi connectivity index (χ0) is 23.2. The van der Waals surface area contributed by atoms with Crippen LogP contribution in [0.2, 0.25) is 0 Å². The Bertz CT molecular complexity index is 987. The van der Waals surface area contributed by atoms with Crippen molar-refractivity contribution >= 4 is 28.5 Å². The Hall–Kier alpha value is -2.85. The monoisotopic (exact) mass is 473 g/mol. The quantitative estimate of drug-likeness (QED) is 0.515. The number of aromatic nitrogens is 1. The molecule has 3 amide bonds. The second kappa shape index (κ2) is 10.8. The van der Waals surface area contributed by atoms with Gasteiger partial charge in [0, 0.05) is 13.0 Å². The van der Waals surface area contributed by atoms with E-state index in [1.54, 1.807) is 0 Å².